The Kier molecular flexibility index (Phi) is 9.92. The number of rotatable bonds is 6. The average Bonchev–Trinajstić information content (AvgIpc) is 2.73. The SMILES string of the molecule is c1ccc(C2(c3ccccc3)c3ccccc3N(c3c4ccccc4c(N4c5ccccc5C(c5ccccc5)(c5ccccc5)c5cc6c(cc54)sc4ccccc46)c4ccccc34)c3cc4sc5ccccc5c4cc32)cc1. The highest BCUT2D eigenvalue weighted by Gasteiger charge is 2.49. The second-order valence-corrected chi connectivity index (χ2v) is 23.6. The van der Waals surface area contributed by atoms with Crippen molar-refractivity contribution in [3.8, 4) is 0 Å². The fourth-order valence-electron chi connectivity index (χ4n) is 14.4. The summed E-state index contributed by atoms with van der Waals surface area (Å²) in [5.41, 5.74) is 15.6. The van der Waals surface area contributed by atoms with Crippen LogP contribution in [-0.2, 0) is 10.8 Å². The zero-order valence-corrected chi connectivity index (χ0v) is 45.1. The van der Waals surface area contributed by atoms with Gasteiger partial charge in [0, 0.05) is 61.9 Å². The Bertz CT molecular complexity index is 4510. The summed E-state index contributed by atoms with van der Waals surface area (Å²) in [6.07, 6.45) is 0. The minimum Gasteiger partial charge on any atom is -0.309 e. The molecule has 0 saturated heterocycles. The molecular weight excluding hydrogens is 1000 g/mol. The van der Waals surface area contributed by atoms with Gasteiger partial charge >= 0.3 is 0 Å². The van der Waals surface area contributed by atoms with E-state index in [2.05, 4.69) is 301 Å². The quantitative estimate of drug-likeness (QED) is 0.153. The van der Waals surface area contributed by atoms with Gasteiger partial charge in [-0.15, -0.1) is 22.7 Å². The van der Waals surface area contributed by atoms with Gasteiger partial charge in [-0.05, 0) is 93.0 Å². The number of fused-ring (bicyclic) bond motifs is 12. The molecule has 80 heavy (non-hydrogen) atoms. The van der Waals surface area contributed by atoms with E-state index in [1.807, 2.05) is 22.7 Å². The third kappa shape index (κ3) is 6.18. The lowest BCUT2D eigenvalue weighted by molar-refractivity contribution is 0.733. The van der Waals surface area contributed by atoms with Crippen LogP contribution in [0.1, 0.15) is 44.5 Å². The van der Waals surface area contributed by atoms with Gasteiger partial charge in [0.05, 0.1) is 45.0 Å². The highest BCUT2D eigenvalue weighted by atomic mass is 32.1. The van der Waals surface area contributed by atoms with E-state index in [1.54, 1.807) is 0 Å². The molecule has 0 saturated carbocycles. The molecule has 0 bridgehead atoms. The minimum absolute atomic E-state index is 0.656. The van der Waals surface area contributed by atoms with Gasteiger partial charge in [-0.2, -0.15) is 0 Å². The second-order valence-electron chi connectivity index (χ2n) is 21.4. The van der Waals surface area contributed by atoms with Gasteiger partial charge < -0.3 is 9.80 Å². The van der Waals surface area contributed by atoms with Crippen molar-refractivity contribution in [2.24, 2.45) is 0 Å². The first-order chi connectivity index (χ1) is 39.7. The smallest absolute Gasteiger partial charge is 0.0742 e. The highest BCUT2D eigenvalue weighted by Crippen LogP contribution is 2.64. The first-order valence-corrected chi connectivity index (χ1v) is 29.2. The van der Waals surface area contributed by atoms with Crippen molar-refractivity contribution in [3.05, 3.63) is 336 Å². The van der Waals surface area contributed by atoms with Crippen LogP contribution in [0.25, 0.3) is 61.9 Å². The molecule has 0 spiro atoms. The van der Waals surface area contributed by atoms with E-state index in [0.717, 1.165) is 22.7 Å². The molecule has 17 rings (SSSR count). The molecule has 0 atom stereocenters. The van der Waals surface area contributed by atoms with Gasteiger partial charge in [-0.1, -0.05) is 243 Å². The van der Waals surface area contributed by atoms with E-state index < -0.39 is 10.8 Å². The number of thiophene rings is 2. The van der Waals surface area contributed by atoms with Crippen LogP contribution >= 0.6 is 22.7 Å². The summed E-state index contributed by atoms with van der Waals surface area (Å²) in [6.45, 7) is 0. The lowest BCUT2D eigenvalue weighted by atomic mass is 9.62. The number of nitrogens with zero attached hydrogens (tertiary/aromatic N) is 2. The standard InChI is InChI=1S/C76H48N2S2/c1-5-25-49(26-6-1)75(50-27-7-2-8-28-50)61-39-19-21-41-65(61)77(67-47-71-59(45-63(67)75)53-33-17-23-43-69(53)79-71)73-55-35-13-15-37-57(55)74(58-38-16-14-36-56(58)73)78-66-42-22-20-40-62(66)76(51-29-9-3-10-30-51,52-31-11-4-12-32-52)64-46-60-54-34-18-24-44-70(54)80-72(60)48-68(64)78/h1-48H. The molecule has 0 aliphatic carbocycles. The van der Waals surface area contributed by atoms with Gasteiger partial charge in [0.2, 0.25) is 0 Å². The summed E-state index contributed by atoms with van der Waals surface area (Å²) < 4.78 is 5.11. The monoisotopic (exact) mass is 1050 g/mol. The van der Waals surface area contributed by atoms with Crippen molar-refractivity contribution >= 4 is 119 Å². The topological polar surface area (TPSA) is 6.48 Å². The summed E-state index contributed by atoms with van der Waals surface area (Å²) in [5, 5.41) is 9.84. The highest BCUT2D eigenvalue weighted by molar-refractivity contribution is 7.26. The van der Waals surface area contributed by atoms with E-state index in [0.29, 0.717) is 0 Å². The van der Waals surface area contributed by atoms with E-state index in [-0.39, 0.29) is 0 Å². The molecule has 4 heteroatoms. The lowest BCUT2D eigenvalue weighted by Gasteiger charge is -2.48. The van der Waals surface area contributed by atoms with Crippen LogP contribution in [0, 0.1) is 0 Å². The fourth-order valence-corrected chi connectivity index (χ4v) is 16.6. The number of benzene rings is 13. The van der Waals surface area contributed by atoms with Crippen molar-refractivity contribution < 1.29 is 0 Å². The number of para-hydroxylation sites is 2. The Labute approximate surface area is 471 Å². The molecular formula is C76H48N2S2. The van der Waals surface area contributed by atoms with E-state index in [1.165, 1.54) is 118 Å². The molecule has 374 valence electrons. The molecule has 2 aromatic heterocycles. The number of anilines is 6. The molecule has 2 aliphatic rings. The second kappa shape index (κ2) is 17.5. The predicted octanol–water partition coefficient (Wildman–Crippen LogP) is 21.1. The zero-order chi connectivity index (χ0) is 52.5. The first-order valence-electron chi connectivity index (χ1n) is 27.6. The van der Waals surface area contributed by atoms with Crippen LogP contribution in [0.2, 0.25) is 0 Å². The normalized spacial score (nSPS) is 14.2. The molecule has 0 fully saturated rings. The number of hydrogen-bond donors (Lipinski definition) is 0. The van der Waals surface area contributed by atoms with Crippen LogP contribution in [-0.4, -0.2) is 0 Å². The third-order valence-electron chi connectivity index (χ3n) is 17.5. The van der Waals surface area contributed by atoms with Crippen LogP contribution in [0.5, 0.6) is 0 Å². The van der Waals surface area contributed by atoms with Crippen molar-refractivity contribution in [2.45, 2.75) is 10.8 Å². The van der Waals surface area contributed by atoms with E-state index >= 15 is 0 Å². The molecule has 2 nitrogen and oxygen atoms in total. The molecule has 2 aliphatic heterocycles. The maximum atomic E-state index is 2.64. The Morgan fingerprint density at radius 2 is 0.500 bits per heavy atom. The number of hydrogen-bond acceptors (Lipinski definition) is 4. The van der Waals surface area contributed by atoms with Gasteiger partial charge in [0.15, 0.2) is 0 Å². The Balaban J connectivity index is 1.01. The first kappa shape index (κ1) is 45.4. The van der Waals surface area contributed by atoms with Gasteiger partial charge in [0.25, 0.3) is 0 Å². The summed E-state index contributed by atoms with van der Waals surface area (Å²) in [6, 6.07) is 110. The van der Waals surface area contributed by atoms with Crippen molar-refractivity contribution in [3.63, 3.8) is 0 Å². The van der Waals surface area contributed by atoms with Gasteiger partial charge in [-0.25, -0.2) is 0 Å². The maximum Gasteiger partial charge on any atom is 0.0742 e. The summed E-state index contributed by atoms with van der Waals surface area (Å²) >= 11 is 3.77. The van der Waals surface area contributed by atoms with Gasteiger partial charge in [-0.3, -0.25) is 0 Å². The van der Waals surface area contributed by atoms with E-state index in [4.69, 9.17) is 0 Å². The Morgan fingerprint density at radius 1 is 0.212 bits per heavy atom. The summed E-state index contributed by atoms with van der Waals surface area (Å²) in [4.78, 5) is 5.28. The van der Waals surface area contributed by atoms with Crippen LogP contribution in [0.4, 0.5) is 34.1 Å². The zero-order valence-electron chi connectivity index (χ0n) is 43.4. The van der Waals surface area contributed by atoms with Crippen LogP contribution in [0.15, 0.2) is 291 Å². The van der Waals surface area contributed by atoms with Gasteiger partial charge in [0.1, 0.15) is 0 Å². The van der Waals surface area contributed by atoms with Crippen molar-refractivity contribution in [2.75, 3.05) is 9.80 Å². The molecule has 15 aromatic rings. The molecule has 4 heterocycles. The molecule has 0 unspecified atom stereocenters. The minimum atomic E-state index is -0.656. The fraction of sp³-hybridized carbons (Fsp3) is 0.0263. The average molecular weight is 1050 g/mol. The molecule has 0 N–H and O–H groups in total. The predicted molar refractivity (Wildman–Crippen MR) is 340 cm³/mol. The van der Waals surface area contributed by atoms with Crippen molar-refractivity contribution in [1.82, 2.24) is 0 Å². The third-order valence-corrected chi connectivity index (χ3v) is 19.8. The van der Waals surface area contributed by atoms with Crippen LogP contribution in [0.3, 0.4) is 0 Å². The summed E-state index contributed by atoms with van der Waals surface area (Å²) in [5.74, 6) is 0. The van der Waals surface area contributed by atoms with Crippen LogP contribution < -0.4 is 9.80 Å². The molecule has 0 radical (unpaired) electrons. The Morgan fingerprint density at radius 3 is 0.850 bits per heavy atom. The largest absolute Gasteiger partial charge is 0.309 e. The molecule has 13 aromatic carbocycles. The molecule has 0 amide bonds. The van der Waals surface area contributed by atoms with Crippen molar-refractivity contribution in [1.29, 1.82) is 0 Å². The van der Waals surface area contributed by atoms with E-state index in [9.17, 15) is 0 Å². The lowest BCUT2D eigenvalue weighted by Crippen LogP contribution is -2.38. The maximum absolute atomic E-state index is 2.64. The summed E-state index contributed by atoms with van der Waals surface area (Å²) in [7, 11) is 0. The Hall–Kier alpha value is -9.58.